The fourth-order valence-corrected chi connectivity index (χ4v) is 1.08. The van der Waals surface area contributed by atoms with Crippen LogP contribution in [0, 0.1) is 16.7 Å². The summed E-state index contributed by atoms with van der Waals surface area (Å²) >= 11 is 0. The molecule has 0 aromatic rings. The lowest BCUT2D eigenvalue weighted by Crippen LogP contribution is -2.51. The second kappa shape index (κ2) is 5.13. The topological polar surface area (TPSA) is 70.1 Å². The highest BCUT2D eigenvalue weighted by Gasteiger charge is 2.31. The van der Waals surface area contributed by atoms with Crippen LogP contribution in [-0.4, -0.2) is 29.9 Å². The Morgan fingerprint density at radius 3 is 2.33 bits per heavy atom. The Morgan fingerprint density at radius 2 is 2.00 bits per heavy atom. The van der Waals surface area contributed by atoms with Gasteiger partial charge in [-0.15, -0.1) is 0 Å². The molecule has 0 aromatic heterocycles. The van der Waals surface area contributed by atoms with E-state index < -0.39 is 6.04 Å². The third kappa shape index (κ3) is 3.88. The van der Waals surface area contributed by atoms with Crippen molar-refractivity contribution in [3.05, 3.63) is 0 Å². The summed E-state index contributed by atoms with van der Waals surface area (Å²) in [5, 5.41) is 8.55. The van der Waals surface area contributed by atoms with Gasteiger partial charge in [0.2, 0.25) is 5.91 Å². The summed E-state index contributed by atoms with van der Waals surface area (Å²) in [5.41, 5.74) is 5.60. The number of nitrogens with zero attached hydrogens (tertiary/aromatic N) is 2. The van der Waals surface area contributed by atoms with E-state index in [1.165, 1.54) is 0 Å². The Morgan fingerprint density at radius 1 is 1.53 bits per heavy atom. The Bertz CT molecular complexity index is 262. The largest absolute Gasteiger partial charge is 0.341 e. The molecule has 0 fully saturated rings. The van der Waals surface area contributed by atoms with Crippen molar-refractivity contribution in [2.24, 2.45) is 11.1 Å². The lowest BCUT2D eigenvalue weighted by molar-refractivity contribution is -0.135. The number of amides is 1. The van der Waals surface area contributed by atoms with E-state index in [-0.39, 0.29) is 17.4 Å². The molecule has 0 aliphatic rings. The van der Waals surface area contributed by atoms with Crippen molar-refractivity contribution in [3.63, 3.8) is 0 Å². The molecule has 2 atom stereocenters. The Hall–Kier alpha value is -1.08. The molecule has 1 amide bonds. The molecule has 15 heavy (non-hydrogen) atoms. The average Bonchev–Trinajstić information content (AvgIpc) is 2.13. The fourth-order valence-electron chi connectivity index (χ4n) is 1.08. The third-order valence-corrected chi connectivity index (χ3v) is 2.59. The van der Waals surface area contributed by atoms with Gasteiger partial charge in [-0.3, -0.25) is 4.79 Å². The lowest BCUT2D eigenvalue weighted by Gasteiger charge is -2.32. The SMILES string of the molecule is CC(CC#N)N(C)C(=O)C(N)C(C)(C)C. The second-order valence-electron chi connectivity index (χ2n) is 5.00. The van der Waals surface area contributed by atoms with Crippen molar-refractivity contribution in [1.82, 2.24) is 4.90 Å². The van der Waals surface area contributed by atoms with E-state index in [1.54, 1.807) is 11.9 Å². The maximum atomic E-state index is 11.9. The molecule has 4 heteroatoms. The molecule has 0 saturated carbocycles. The van der Waals surface area contributed by atoms with Crippen LogP contribution in [0.4, 0.5) is 0 Å². The van der Waals surface area contributed by atoms with Gasteiger partial charge < -0.3 is 10.6 Å². The van der Waals surface area contributed by atoms with Gasteiger partial charge in [0.15, 0.2) is 0 Å². The second-order valence-corrected chi connectivity index (χ2v) is 5.00. The molecule has 0 aliphatic heterocycles. The number of likely N-dealkylation sites (N-methyl/N-ethyl adjacent to an activating group) is 1. The minimum Gasteiger partial charge on any atom is -0.341 e. The van der Waals surface area contributed by atoms with Gasteiger partial charge in [-0.25, -0.2) is 0 Å². The van der Waals surface area contributed by atoms with Gasteiger partial charge in [0.05, 0.1) is 18.5 Å². The van der Waals surface area contributed by atoms with Crippen LogP contribution in [0.25, 0.3) is 0 Å². The van der Waals surface area contributed by atoms with Crippen LogP contribution in [0.2, 0.25) is 0 Å². The summed E-state index contributed by atoms with van der Waals surface area (Å²) < 4.78 is 0. The zero-order valence-corrected chi connectivity index (χ0v) is 10.2. The molecule has 0 spiro atoms. The van der Waals surface area contributed by atoms with Crippen LogP contribution in [0.3, 0.4) is 0 Å². The molecule has 4 nitrogen and oxygen atoms in total. The first-order valence-electron chi connectivity index (χ1n) is 5.11. The Kier molecular flexibility index (Phi) is 4.76. The summed E-state index contributed by atoms with van der Waals surface area (Å²) in [4.78, 5) is 13.5. The van der Waals surface area contributed by atoms with Crippen molar-refractivity contribution in [1.29, 1.82) is 5.26 Å². The lowest BCUT2D eigenvalue weighted by atomic mass is 9.86. The first kappa shape index (κ1) is 13.9. The van der Waals surface area contributed by atoms with Gasteiger partial charge in [-0.2, -0.15) is 5.26 Å². The van der Waals surface area contributed by atoms with Crippen molar-refractivity contribution < 1.29 is 4.79 Å². The van der Waals surface area contributed by atoms with E-state index in [9.17, 15) is 4.79 Å². The number of rotatable bonds is 3. The van der Waals surface area contributed by atoms with Crippen LogP contribution in [-0.2, 0) is 4.79 Å². The Balaban J connectivity index is 4.53. The normalized spacial score (nSPS) is 15.3. The van der Waals surface area contributed by atoms with E-state index in [4.69, 9.17) is 11.0 Å². The molecule has 2 N–H and O–H groups in total. The molecular weight excluding hydrogens is 190 g/mol. The van der Waals surface area contributed by atoms with Crippen LogP contribution in [0.5, 0.6) is 0 Å². The zero-order chi connectivity index (χ0) is 12.2. The van der Waals surface area contributed by atoms with Gasteiger partial charge in [-0.1, -0.05) is 20.8 Å². The van der Waals surface area contributed by atoms with Crippen molar-refractivity contribution in [2.75, 3.05) is 7.05 Å². The molecule has 0 radical (unpaired) electrons. The molecule has 0 rings (SSSR count). The first-order valence-corrected chi connectivity index (χ1v) is 5.11. The van der Waals surface area contributed by atoms with Gasteiger partial charge >= 0.3 is 0 Å². The number of hydrogen-bond acceptors (Lipinski definition) is 3. The Labute approximate surface area is 92.0 Å². The number of carbonyl (C=O) groups is 1. The average molecular weight is 211 g/mol. The first-order chi connectivity index (χ1) is 6.71. The molecule has 86 valence electrons. The minimum atomic E-state index is -0.524. The van der Waals surface area contributed by atoms with Crippen LogP contribution >= 0.6 is 0 Å². The predicted molar refractivity (Wildman–Crippen MR) is 59.9 cm³/mol. The van der Waals surface area contributed by atoms with E-state index >= 15 is 0 Å². The smallest absolute Gasteiger partial charge is 0.240 e. The van der Waals surface area contributed by atoms with Gasteiger partial charge in [0.25, 0.3) is 0 Å². The third-order valence-electron chi connectivity index (χ3n) is 2.59. The summed E-state index contributed by atoms with van der Waals surface area (Å²) in [6.07, 6.45) is 0.332. The van der Waals surface area contributed by atoms with Crippen molar-refractivity contribution in [3.8, 4) is 6.07 Å². The summed E-state index contributed by atoms with van der Waals surface area (Å²) in [6, 6.07) is 1.43. The molecule has 2 unspecified atom stereocenters. The number of carbonyl (C=O) groups excluding carboxylic acids is 1. The van der Waals surface area contributed by atoms with E-state index in [0.29, 0.717) is 6.42 Å². The summed E-state index contributed by atoms with van der Waals surface area (Å²) in [7, 11) is 1.69. The highest BCUT2D eigenvalue weighted by molar-refractivity contribution is 5.82. The molecule has 0 aliphatic carbocycles. The number of hydrogen-bond donors (Lipinski definition) is 1. The molecular formula is C11H21N3O. The molecule has 0 aromatic carbocycles. The van der Waals surface area contributed by atoms with Crippen molar-refractivity contribution in [2.45, 2.75) is 46.2 Å². The van der Waals surface area contributed by atoms with E-state index in [2.05, 4.69) is 0 Å². The fraction of sp³-hybridized carbons (Fsp3) is 0.818. The summed E-state index contributed by atoms with van der Waals surface area (Å²) in [5.74, 6) is -0.106. The summed E-state index contributed by atoms with van der Waals surface area (Å²) in [6.45, 7) is 7.63. The highest BCUT2D eigenvalue weighted by Crippen LogP contribution is 2.19. The monoisotopic (exact) mass is 211 g/mol. The molecule has 0 saturated heterocycles. The van der Waals surface area contributed by atoms with Gasteiger partial charge in [-0.05, 0) is 12.3 Å². The van der Waals surface area contributed by atoms with Crippen molar-refractivity contribution >= 4 is 5.91 Å². The molecule has 0 bridgehead atoms. The zero-order valence-electron chi connectivity index (χ0n) is 10.2. The van der Waals surface area contributed by atoms with Gasteiger partial charge in [0, 0.05) is 13.1 Å². The standard InChI is InChI=1S/C11H21N3O/c1-8(6-7-12)14(5)10(15)9(13)11(2,3)4/h8-9H,6,13H2,1-5H3. The quantitative estimate of drug-likeness (QED) is 0.760. The van der Waals surface area contributed by atoms with Crippen LogP contribution < -0.4 is 5.73 Å². The van der Waals surface area contributed by atoms with Crippen LogP contribution in [0.15, 0.2) is 0 Å². The highest BCUT2D eigenvalue weighted by atomic mass is 16.2. The predicted octanol–water partition coefficient (Wildman–Crippen LogP) is 1.12. The van der Waals surface area contributed by atoms with Gasteiger partial charge in [0.1, 0.15) is 0 Å². The van der Waals surface area contributed by atoms with E-state index in [1.807, 2.05) is 33.8 Å². The minimum absolute atomic E-state index is 0.0871. The van der Waals surface area contributed by atoms with Crippen LogP contribution in [0.1, 0.15) is 34.1 Å². The maximum absolute atomic E-state index is 11.9. The van der Waals surface area contributed by atoms with E-state index in [0.717, 1.165) is 0 Å². The molecule has 0 heterocycles. The number of nitrogens with two attached hydrogens (primary N) is 1. The maximum Gasteiger partial charge on any atom is 0.240 e. The number of nitriles is 1.